The quantitative estimate of drug-likeness (QED) is 0.717. The maximum absolute atomic E-state index is 12.5. The second-order valence-electron chi connectivity index (χ2n) is 9.09. The van der Waals surface area contributed by atoms with Crippen molar-refractivity contribution in [3.05, 3.63) is 23.5 Å². The maximum atomic E-state index is 12.5. The first-order valence-electron chi connectivity index (χ1n) is 9.41. The number of hydrogen-bond donors (Lipinski definition) is 1. The molecule has 0 amide bonds. The van der Waals surface area contributed by atoms with Gasteiger partial charge in [-0.15, -0.1) is 0 Å². The molecule has 0 aliphatic heterocycles. The van der Waals surface area contributed by atoms with Gasteiger partial charge in [0, 0.05) is 29.2 Å². The van der Waals surface area contributed by atoms with Crippen molar-refractivity contribution in [1.82, 2.24) is 0 Å². The van der Waals surface area contributed by atoms with Crippen LogP contribution in [0.25, 0.3) is 0 Å². The van der Waals surface area contributed by atoms with Gasteiger partial charge in [0.2, 0.25) is 0 Å². The van der Waals surface area contributed by atoms with Gasteiger partial charge in [-0.05, 0) is 54.9 Å². The Morgan fingerprint density at radius 3 is 2.42 bits per heavy atom. The van der Waals surface area contributed by atoms with Gasteiger partial charge < -0.3 is 5.11 Å². The molecule has 0 unspecified atom stereocenters. The Bertz CT molecular complexity index is 687. The highest BCUT2D eigenvalue weighted by atomic mass is 16.3. The minimum atomic E-state index is -0.167. The number of aliphatic hydroxyl groups is 1. The Morgan fingerprint density at radius 2 is 1.71 bits per heavy atom. The normalized spacial score (nSPS) is 48.2. The van der Waals surface area contributed by atoms with Gasteiger partial charge in [-0.3, -0.25) is 9.59 Å². The minimum absolute atomic E-state index is 0.0325. The van der Waals surface area contributed by atoms with E-state index in [1.54, 1.807) is 0 Å². The highest BCUT2D eigenvalue weighted by molar-refractivity contribution is 5.96. The standard InChI is InChI=1S/C21H28O3/c1-11-12(2)18-19(24)15(22)8-10-21(18,4)14-7-9-20(3)13(17(11)14)5-6-16(20)23/h11,13-14,17,24H,2,5-10H2,1,3-4H3/t11-,13+,14+,17+,20+,21-/m1/s1. The predicted octanol–water partition coefficient (Wildman–Crippen LogP) is 4.39. The second kappa shape index (κ2) is 4.83. The van der Waals surface area contributed by atoms with Gasteiger partial charge >= 0.3 is 0 Å². The summed E-state index contributed by atoms with van der Waals surface area (Å²) in [6.07, 6.45) is 4.91. The fraction of sp³-hybridized carbons (Fsp3) is 0.714. The Balaban J connectivity index is 1.84. The Hall–Kier alpha value is -1.38. The third-order valence-corrected chi connectivity index (χ3v) is 8.25. The Morgan fingerprint density at radius 1 is 1.04 bits per heavy atom. The van der Waals surface area contributed by atoms with Crippen LogP contribution in [-0.2, 0) is 9.59 Å². The molecule has 4 rings (SSSR count). The van der Waals surface area contributed by atoms with Gasteiger partial charge in [0.05, 0.1) is 0 Å². The van der Waals surface area contributed by atoms with E-state index in [2.05, 4.69) is 27.4 Å². The molecule has 4 aliphatic rings. The molecule has 0 heterocycles. The van der Waals surface area contributed by atoms with Crippen LogP contribution in [0.1, 0.15) is 59.3 Å². The minimum Gasteiger partial charge on any atom is -0.504 e. The van der Waals surface area contributed by atoms with E-state index in [9.17, 15) is 14.7 Å². The average molecular weight is 328 g/mol. The van der Waals surface area contributed by atoms with E-state index >= 15 is 0 Å². The van der Waals surface area contributed by atoms with E-state index in [4.69, 9.17) is 0 Å². The molecule has 0 spiro atoms. The molecule has 3 nitrogen and oxygen atoms in total. The average Bonchev–Trinajstić information content (AvgIpc) is 2.84. The molecule has 0 aromatic rings. The molecular weight excluding hydrogens is 300 g/mol. The van der Waals surface area contributed by atoms with Crippen LogP contribution in [-0.4, -0.2) is 16.7 Å². The van der Waals surface area contributed by atoms with Crippen LogP contribution in [0.15, 0.2) is 23.5 Å². The van der Waals surface area contributed by atoms with Crippen LogP contribution in [0.3, 0.4) is 0 Å². The van der Waals surface area contributed by atoms with Gasteiger partial charge in [-0.1, -0.05) is 27.4 Å². The van der Waals surface area contributed by atoms with E-state index in [1.807, 2.05) is 0 Å². The molecule has 6 atom stereocenters. The van der Waals surface area contributed by atoms with Crippen LogP contribution >= 0.6 is 0 Å². The predicted molar refractivity (Wildman–Crippen MR) is 92.4 cm³/mol. The third-order valence-electron chi connectivity index (χ3n) is 8.25. The Labute approximate surface area is 144 Å². The topological polar surface area (TPSA) is 54.4 Å². The van der Waals surface area contributed by atoms with Gasteiger partial charge in [0.15, 0.2) is 11.5 Å². The summed E-state index contributed by atoms with van der Waals surface area (Å²) in [5.41, 5.74) is 1.44. The molecule has 1 N–H and O–H groups in total. The lowest BCUT2D eigenvalue weighted by atomic mass is 9.44. The number of allylic oxidation sites excluding steroid dienone is 2. The first kappa shape index (κ1) is 16.1. The first-order chi connectivity index (χ1) is 11.2. The molecule has 24 heavy (non-hydrogen) atoms. The molecule has 0 bridgehead atoms. The van der Waals surface area contributed by atoms with Gasteiger partial charge in [-0.25, -0.2) is 0 Å². The smallest absolute Gasteiger partial charge is 0.197 e. The van der Waals surface area contributed by atoms with Crippen molar-refractivity contribution in [2.75, 3.05) is 0 Å². The van der Waals surface area contributed by atoms with Crippen molar-refractivity contribution in [2.45, 2.75) is 59.3 Å². The zero-order valence-electron chi connectivity index (χ0n) is 15.0. The van der Waals surface area contributed by atoms with Crippen LogP contribution in [0.4, 0.5) is 0 Å². The number of hydrogen-bond acceptors (Lipinski definition) is 3. The summed E-state index contributed by atoms with van der Waals surface area (Å²) < 4.78 is 0. The molecule has 4 aliphatic carbocycles. The second-order valence-corrected chi connectivity index (χ2v) is 9.09. The van der Waals surface area contributed by atoms with Gasteiger partial charge in [-0.2, -0.15) is 0 Å². The first-order valence-corrected chi connectivity index (χ1v) is 9.41. The molecular formula is C21H28O3. The summed E-state index contributed by atoms with van der Waals surface area (Å²) >= 11 is 0. The molecule has 3 saturated carbocycles. The summed E-state index contributed by atoms with van der Waals surface area (Å²) in [4.78, 5) is 24.6. The van der Waals surface area contributed by atoms with E-state index in [-0.39, 0.29) is 28.3 Å². The molecule has 0 saturated heterocycles. The van der Waals surface area contributed by atoms with Crippen molar-refractivity contribution >= 4 is 11.6 Å². The summed E-state index contributed by atoms with van der Waals surface area (Å²) in [5, 5.41) is 10.5. The molecule has 3 heteroatoms. The number of aliphatic hydroxyl groups excluding tert-OH is 1. The van der Waals surface area contributed by atoms with E-state index in [0.717, 1.165) is 36.8 Å². The lowest BCUT2D eigenvalue weighted by Crippen LogP contribution is -2.54. The number of ketones is 2. The van der Waals surface area contributed by atoms with Gasteiger partial charge in [0.25, 0.3) is 0 Å². The number of carbonyl (C=O) groups excluding carboxylic acids is 2. The van der Waals surface area contributed by atoms with Crippen LogP contribution in [0, 0.1) is 34.5 Å². The van der Waals surface area contributed by atoms with Crippen molar-refractivity contribution in [2.24, 2.45) is 34.5 Å². The fourth-order valence-corrected chi connectivity index (χ4v) is 6.78. The fourth-order valence-electron chi connectivity index (χ4n) is 6.78. The number of fused-ring (bicyclic) bond motifs is 5. The largest absolute Gasteiger partial charge is 0.504 e. The van der Waals surface area contributed by atoms with Crippen molar-refractivity contribution in [3.63, 3.8) is 0 Å². The molecule has 130 valence electrons. The highest BCUT2D eigenvalue weighted by Crippen LogP contribution is 2.67. The summed E-state index contributed by atoms with van der Waals surface area (Å²) in [6, 6.07) is 0. The summed E-state index contributed by atoms with van der Waals surface area (Å²) in [6.45, 7) is 10.9. The molecule has 3 fully saturated rings. The number of rotatable bonds is 0. The molecule has 0 radical (unpaired) electrons. The van der Waals surface area contributed by atoms with Crippen LogP contribution in [0.2, 0.25) is 0 Å². The lowest BCUT2D eigenvalue weighted by Gasteiger charge is -2.59. The lowest BCUT2D eigenvalue weighted by molar-refractivity contribution is -0.133. The SMILES string of the molecule is C=C1C2=C(O)C(=O)CC[C@]2(C)[C@H]2CC[C@]3(C)C(=O)CC[C@H]3[C@@H]2[C@@H]1C. The summed E-state index contributed by atoms with van der Waals surface area (Å²) in [5.74, 6) is 1.80. The number of carbonyl (C=O) groups is 2. The zero-order chi connectivity index (χ0) is 17.4. The Kier molecular flexibility index (Phi) is 3.24. The third kappa shape index (κ3) is 1.74. The summed E-state index contributed by atoms with van der Waals surface area (Å²) in [7, 11) is 0. The van der Waals surface area contributed by atoms with Gasteiger partial charge in [0.1, 0.15) is 5.78 Å². The number of Topliss-reactive ketones (excluding diaryl/α,β-unsaturated/α-hetero) is 2. The molecule has 0 aromatic carbocycles. The van der Waals surface area contributed by atoms with E-state index in [0.29, 0.717) is 36.4 Å². The van der Waals surface area contributed by atoms with Crippen molar-refractivity contribution in [1.29, 1.82) is 0 Å². The van der Waals surface area contributed by atoms with Crippen LogP contribution in [0.5, 0.6) is 0 Å². The van der Waals surface area contributed by atoms with Crippen molar-refractivity contribution < 1.29 is 14.7 Å². The highest BCUT2D eigenvalue weighted by Gasteiger charge is 2.62. The van der Waals surface area contributed by atoms with E-state index in [1.165, 1.54) is 0 Å². The van der Waals surface area contributed by atoms with Crippen LogP contribution < -0.4 is 0 Å². The van der Waals surface area contributed by atoms with E-state index < -0.39 is 0 Å². The monoisotopic (exact) mass is 328 g/mol. The maximum Gasteiger partial charge on any atom is 0.197 e. The van der Waals surface area contributed by atoms with Crippen molar-refractivity contribution in [3.8, 4) is 0 Å². The molecule has 0 aromatic heterocycles. The zero-order valence-corrected chi connectivity index (χ0v) is 15.0.